The lowest BCUT2D eigenvalue weighted by Gasteiger charge is -2.09. The lowest BCUT2D eigenvalue weighted by molar-refractivity contribution is 0.103. The zero-order valence-corrected chi connectivity index (χ0v) is 14.0. The number of allylic oxidation sites excluding steroid dienone is 1. The fourth-order valence-electron chi connectivity index (χ4n) is 1.80. The number of hydrogen-bond acceptors (Lipinski definition) is 4. The molecule has 0 aliphatic heterocycles. The fourth-order valence-corrected chi connectivity index (χ4v) is 2.65. The first-order valence-corrected chi connectivity index (χ1v) is 7.53. The summed E-state index contributed by atoms with van der Waals surface area (Å²) in [6.07, 6.45) is 1.29. The van der Waals surface area contributed by atoms with Gasteiger partial charge in [0.1, 0.15) is 5.82 Å². The normalized spacial score (nSPS) is 12.6. The third-order valence-corrected chi connectivity index (χ3v) is 3.98. The summed E-state index contributed by atoms with van der Waals surface area (Å²) in [5.74, 6) is -1.25. The number of aryl methyl sites for hydroxylation is 1. The molecule has 0 heterocycles. The minimum Gasteiger partial charge on any atom is -0.515 e. The van der Waals surface area contributed by atoms with Crippen LogP contribution in [0.15, 0.2) is 29.0 Å². The van der Waals surface area contributed by atoms with E-state index in [1.807, 2.05) is 29.5 Å². The molecule has 114 valence electrons. The SMILES string of the molecule is CCc1cc(F)c(C(=O)C(=CO)C(C)=NCCO)cc1I. The van der Waals surface area contributed by atoms with Crippen LogP contribution >= 0.6 is 22.6 Å². The van der Waals surface area contributed by atoms with Crippen LogP contribution in [-0.4, -0.2) is 34.9 Å². The van der Waals surface area contributed by atoms with Crippen molar-refractivity contribution in [1.29, 1.82) is 0 Å². The molecule has 0 bridgehead atoms. The second-order valence-corrected chi connectivity index (χ2v) is 5.50. The number of carbonyl (C=O) groups excluding carboxylic acids is 1. The molecule has 1 aromatic rings. The maximum absolute atomic E-state index is 14.1. The Balaban J connectivity index is 3.21. The molecule has 0 atom stereocenters. The number of aliphatic hydroxyl groups is 2. The van der Waals surface area contributed by atoms with Crippen molar-refractivity contribution in [2.45, 2.75) is 20.3 Å². The van der Waals surface area contributed by atoms with E-state index in [4.69, 9.17) is 5.11 Å². The highest BCUT2D eigenvalue weighted by atomic mass is 127. The van der Waals surface area contributed by atoms with Crippen molar-refractivity contribution in [3.8, 4) is 0 Å². The van der Waals surface area contributed by atoms with E-state index in [0.29, 0.717) is 12.7 Å². The summed E-state index contributed by atoms with van der Waals surface area (Å²) in [4.78, 5) is 16.3. The van der Waals surface area contributed by atoms with E-state index in [0.717, 1.165) is 9.13 Å². The van der Waals surface area contributed by atoms with Gasteiger partial charge in [0.25, 0.3) is 0 Å². The number of benzene rings is 1. The van der Waals surface area contributed by atoms with Gasteiger partial charge in [-0.2, -0.15) is 0 Å². The van der Waals surface area contributed by atoms with Crippen molar-refractivity contribution < 1.29 is 19.4 Å². The summed E-state index contributed by atoms with van der Waals surface area (Å²) in [6.45, 7) is 3.38. The summed E-state index contributed by atoms with van der Waals surface area (Å²) in [6, 6.07) is 2.81. The van der Waals surface area contributed by atoms with Crippen LogP contribution < -0.4 is 0 Å². The highest BCUT2D eigenvalue weighted by Crippen LogP contribution is 2.21. The number of halogens is 2. The van der Waals surface area contributed by atoms with Crippen LogP contribution in [0.25, 0.3) is 0 Å². The van der Waals surface area contributed by atoms with Crippen LogP contribution in [0, 0.1) is 9.39 Å². The minimum atomic E-state index is -0.630. The predicted octanol–water partition coefficient (Wildman–Crippen LogP) is 3.07. The van der Waals surface area contributed by atoms with Crippen LogP contribution in [0.3, 0.4) is 0 Å². The first-order valence-electron chi connectivity index (χ1n) is 6.45. The molecule has 0 amide bonds. The Labute approximate surface area is 136 Å². The maximum Gasteiger partial charge on any atom is 0.200 e. The van der Waals surface area contributed by atoms with Crippen LogP contribution in [0.5, 0.6) is 0 Å². The Hall–Kier alpha value is -1.28. The highest BCUT2D eigenvalue weighted by molar-refractivity contribution is 14.1. The van der Waals surface area contributed by atoms with Gasteiger partial charge in [-0.05, 0) is 53.6 Å². The van der Waals surface area contributed by atoms with Gasteiger partial charge in [-0.25, -0.2) is 4.39 Å². The summed E-state index contributed by atoms with van der Waals surface area (Å²) < 4.78 is 14.9. The predicted molar refractivity (Wildman–Crippen MR) is 88.6 cm³/mol. The first kappa shape index (κ1) is 17.8. The van der Waals surface area contributed by atoms with Gasteiger partial charge in [0, 0.05) is 9.28 Å². The summed E-state index contributed by atoms with van der Waals surface area (Å²) >= 11 is 2.05. The molecule has 1 rings (SSSR count). The van der Waals surface area contributed by atoms with Crippen molar-refractivity contribution in [2.75, 3.05) is 13.2 Å². The molecule has 21 heavy (non-hydrogen) atoms. The van der Waals surface area contributed by atoms with E-state index in [1.165, 1.54) is 19.1 Å². The summed E-state index contributed by atoms with van der Waals surface area (Å²) in [5, 5.41) is 18.0. The lowest BCUT2D eigenvalue weighted by Crippen LogP contribution is -2.14. The minimum absolute atomic E-state index is 0.0811. The third-order valence-electron chi connectivity index (χ3n) is 2.97. The number of aliphatic imine (C=N–C) groups is 1. The van der Waals surface area contributed by atoms with Gasteiger partial charge in [-0.3, -0.25) is 9.79 Å². The molecule has 1 aromatic carbocycles. The van der Waals surface area contributed by atoms with E-state index < -0.39 is 11.6 Å². The Bertz CT molecular complexity index is 597. The number of nitrogens with zero attached hydrogens (tertiary/aromatic N) is 1. The molecule has 0 aliphatic carbocycles. The molecule has 0 saturated carbocycles. The fraction of sp³-hybridized carbons (Fsp3) is 0.333. The first-order chi connectivity index (χ1) is 9.96. The smallest absolute Gasteiger partial charge is 0.200 e. The van der Waals surface area contributed by atoms with Crippen LogP contribution in [0.4, 0.5) is 4.39 Å². The van der Waals surface area contributed by atoms with Gasteiger partial charge in [-0.15, -0.1) is 0 Å². The largest absolute Gasteiger partial charge is 0.515 e. The monoisotopic (exact) mass is 405 g/mol. The zero-order chi connectivity index (χ0) is 16.0. The third kappa shape index (κ3) is 4.34. The van der Waals surface area contributed by atoms with Gasteiger partial charge >= 0.3 is 0 Å². The van der Waals surface area contributed by atoms with Gasteiger partial charge in [-0.1, -0.05) is 6.92 Å². The van der Waals surface area contributed by atoms with Crippen molar-refractivity contribution in [1.82, 2.24) is 0 Å². The highest BCUT2D eigenvalue weighted by Gasteiger charge is 2.20. The van der Waals surface area contributed by atoms with Crippen LogP contribution in [0.1, 0.15) is 29.8 Å². The average molecular weight is 405 g/mol. The molecule has 0 aromatic heterocycles. The molecule has 0 saturated heterocycles. The van der Waals surface area contributed by atoms with Crippen molar-refractivity contribution in [3.05, 3.63) is 44.5 Å². The van der Waals surface area contributed by atoms with E-state index >= 15 is 0 Å². The quantitative estimate of drug-likeness (QED) is 0.251. The van der Waals surface area contributed by atoms with Crippen LogP contribution in [0.2, 0.25) is 0 Å². The van der Waals surface area contributed by atoms with E-state index in [-0.39, 0.29) is 30.0 Å². The molecular formula is C15H17FINO3. The lowest BCUT2D eigenvalue weighted by atomic mass is 9.99. The topological polar surface area (TPSA) is 69.9 Å². The Morgan fingerprint density at radius 2 is 2.14 bits per heavy atom. The Morgan fingerprint density at radius 1 is 1.48 bits per heavy atom. The molecule has 6 heteroatoms. The Morgan fingerprint density at radius 3 is 2.67 bits per heavy atom. The molecule has 0 aliphatic rings. The molecular weight excluding hydrogens is 388 g/mol. The van der Waals surface area contributed by atoms with Gasteiger partial charge in [0.2, 0.25) is 5.78 Å². The molecule has 0 fully saturated rings. The zero-order valence-electron chi connectivity index (χ0n) is 11.9. The number of carbonyl (C=O) groups is 1. The number of Topliss-reactive ketones (excluding diaryl/α,β-unsaturated/α-hetero) is 1. The number of rotatable bonds is 6. The molecule has 0 radical (unpaired) electrons. The van der Waals surface area contributed by atoms with Crippen molar-refractivity contribution in [2.24, 2.45) is 4.99 Å². The standard InChI is InChI=1S/C15H17FINO3/c1-3-10-6-13(16)11(7-14(10)17)15(21)12(8-20)9(2)18-4-5-19/h6-8,19-20H,3-5H2,1-2H3. The Kier molecular flexibility index (Phi) is 6.97. The van der Waals surface area contributed by atoms with E-state index in [1.54, 1.807) is 0 Å². The van der Waals surface area contributed by atoms with E-state index in [9.17, 15) is 14.3 Å². The van der Waals surface area contributed by atoms with Crippen molar-refractivity contribution >= 4 is 34.1 Å². The molecule has 4 nitrogen and oxygen atoms in total. The van der Waals surface area contributed by atoms with E-state index in [2.05, 4.69) is 4.99 Å². The number of hydrogen-bond donors (Lipinski definition) is 2. The van der Waals surface area contributed by atoms with Gasteiger partial charge in [0.15, 0.2) is 0 Å². The number of ketones is 1. The average Bonchev–Trinajstić information content (AvgIpc) is 2.47. The van der Waals surface area contributed by atoms with Gasteiger partial charge < -0.3 is 10.2 Å². The molecule has 2 N–H and O–H groups in total. The molecule has 0 unspecified atom stereocenters. The second-order valence-electron chi connectivity index (χ2n) is 4.34. The maximum atomic E-state index is 14.1. The second kappa shape index (κ2) is 8.23. The molecule has 0 spiro atoms. The van der Waals surface area contributed by atoms with Crippen molar-refractivity contribution in [3.63, 3.8) is 0 Å². The summed E-state index contributed by atoms with van der Waals surface area (Å²) in [7, 11) is 0. The van der Waals surface area contributed by atoms with Crippen LogP contribution in [-0.2, 0) is 6.42 Å². The number of aliphatic hydroxyl groups excluding tert-OH is 2. The van der Waals surface area contributed by atoms with Gasteiger partial charge in [0.05, 0.1) is 30.6 Å². The summed E-state index contributed by atoms with van der Waals surface area (Å²) in [5.41, 5.74) is 0.897.